The van der Waals surface area contributed by atoms with Gasteiger partial charge in [0, 0.05) is 12.8 Å². The van der Waals surface area contributed by atoms with Crippen LogP contribution in [0.2, 0.25) is 0 Å². The molecule has 0 bridgehead atoms. The Kier molecular flexibility index (Phi) is 34.7. The maximum atomic E-state index is 12.7. The molecule has 0 aromatic carbocycles. The first-order valence-electron chi connectivity index (χ1n) is 23.6. The lowest BCUT2D eigenvalue weighted by Gasteiger charge is -2.23. The van der Waals surface area contributed by atoms with Gasteiger partial charge in [0.15, 0.2) is 0 Å². The van der Waals surface area contributed by atoms with E-state index in [0.717, 1.165) is 44.4 Å². The number of rotatable bonds is 11. The molecular formula is C47H91NO4. The zero-order valence-corrected chi connectivity index (χ0v) is 35.7. The largest absolute Gasteiger partial charge is 0.466 e. The molecule has 1 fully saturated rings. The van der Waals surface area contributed by atoms with Gasteiger partial charge < -0.3 is 14.4 Å². The van der Waals surface area contributed by atoms with E-state index in [0.29, 0.717) is 37.9 Å². The molecule has 0 N–H and O–H groups in total. The van der Waals surface area contributed by atoms with Crippen molar-refractivity contribution >= 4 is 11.9 Å². The average molecular weight is 734 g/mol. The predicted molar refractivity (Wildman–Crippen MR) is 224 cm³/mol. The minimum atomic E-state index is 0.0230. The molecule has 1 aliphatic rings. The molecule has 2 unspecified atom stereocenters. The van der Waals surface area contributed by atoms with Crippen LogP contribution in [0.25, 0.3) is 0 Å². The molecule has 0 aromatic rings. The Morgan fingerprint density at radius 2 is 0.769 bits per heavy atom. The van der Waals surface area contributed by atoms with Gasteiger partial charge >= 0.3 is 11.9 Å². The van der Waals surface area contributed by atoms with E-state index < -0.39 is 0 Å². The van der Waals surface area contributed by atoms with Gasteiger partial charge in [0.2, 0.25) is 0 Å². The van der Waals surface area contributed by atoms with E-state index in [1.807, 2.05) is 0 Å². The summed E-state index contributed by atoms with van der Waals surface area (Å²) in [5.74, 6) is 1.86. The normalized spacial score (nSPS) is 24.3. The van der Waals surface area contributed by atoms with Gasteiger partial charge in [-0.3, -0.25) is 9.59 Å². The number of unbranched alkanes of at least 4 members (excludes halogenated alkanes) is 2. The zero-order valence-electron chi connectivity index (χ0n) is 35.7. The van der Waals surface area contributed by atoms with Crippen LogP contribution in [0.1, 0.15) is 240 Å². The molecule has 5 heteroatoms. The van der Waals surface area contributed by atoms with E-state index in [-0.39, 0.29) is 11.9 Å². The molecule has 1 heterocycles. The molecule has 0 saturated carbocycles. The van der Waals surface area contributed by atoms with E-state index in [9.17, 15) is 9.59 Å². The molecule has 0 aliphatic carbocycles. The highest BCUT2D eigenvalue weighted by Crippen LogP contribution is 2.26. The molecule has 308 valence electrons. The third-order valence-electron chi connectivity index (χ3n) is 12.1. The summed E-state index contributed by atoms with van der Waals surface area (Å²) < 4.78 is 11.4. The topological polar surface area (TPSA) is 55.8 Å². The lowest BCUT2D eigenvalue weighted by Crippen LogP contribution is -2.25. The quantitative estimate of drug-likeness (QED) is 0.198. The molecule has 5 nitrogen and oxygen atoms in total. The third kappa shape index (κ3) is 30.3. The van der Waals surface area contributed by atoms with Crippen LogP contribution in [-0.4, -0.2) is 49.7 Å². The van der Waals surface area contributed by atoms with Gasteiger partial charge in [-0.05, 0) is 82.3 Å². The van der Waals surface area contributed by atoms with Crippen molar-refractivity contribution < 1.29 is 19.1 Å². The fraction of sp³-hybridized carbons (Fsp3) is 0.957. The van der Waals surface area contributed by atoms with Crippen LogP contribution < -0.4 is 0 Å². The van der Waals surface area contributed by atoms with Crippen LogP contribution in [-0.2, 0) is 19.1 Å². The van der Waals surface area contributed by atoms with Crippen molar-refractivity contribution in [3.63, 3.8) is 0 Å². The number of hydrogen-bond donors (Lipinski definition) is 0. The molecule has 2 atom stereocenters. The summed E-state index contributed by atoms with van der Waals surface area (Å²) in [7, 11) is 0. The van der Waals surface area contributed by atoms with Gasteiger partial charge in [0.25, 0.3) is 0 Å². The van der Waals surface area contributed by atoms with Crippen molar-refractivity contribution in [1.29, 1.82) is 0 Å². The van der Waals surface area contributed by atoms with E-state index in [4.69, 9.17) is 9.47 Å². The van der Waals surface area contributed by atoms with Crippen molar-refractivity contribution in [3.8, 4) is 0 Å². The summed E-state index contributed by atoms with van der Waals surface area (Å²) >= 11 is 0. The first-order chi connectivity index (χ1) is 25.5. The summed E-state index contributed by atoms with van der Waals surface area (Å²) in [5.41, 5.74) is 0. The second kappa shape index (κ2) is 36.9. The van der Waals surface area contributed by atoms with Gasteiger partial charge in [-0.25, -0.2) is 0 Å². The number of carbonyl (C=O) groups excluding carboxylic acids is 2. The SMILES string of the molecule is CCCCC1CCCCCCC(CCCC)CC(=O)OCCCCCCCCCCC(CCN(CC)CC)CCCCCCCCCCOC(=O)C1. The summed E-state index contributed by atoms with van der Waals surface area (Å²) in [6, 6.07) is 0. The van der Waals surface area contributed by atoms with Crippen LogP contribution >= 0.6 is 0 Å². The monoisotopic (exact) mass is 734 g/mol. The zero-order chi connectivity index (χ0) is 37.7. The standard InChI is InChI=1S/C47H91NO4/c1-5-9-31-44-35-27-21-22-28-36-45(32-10-6-2)42-47(50)52-40-30-24-18-14-12-16-20-26-34-43(37-38-48(7-3)8-4)33-25-19-15-11-13-17-23-29-39-51-46(49)41-44/h43-45H,5-42H2,1-4H3. The van der Waals surface area contributed by atoms with E-state index in [2.05, 4.69) is 32.6 Å². The van der Waals surface area contributed by atoms with Gasteiger partial charge in [-0.1, -0.05) is 182 Å². The molecule has 1 rings (SSSR count). The second-order valence-corrected chi connectivity index (χ2v) is 16.8. The smallest absolute Gasteiger partial charge is 0.306 e. The summed E-state index contributed by atoms with van der Waals surface area (Å²) in [4.78, 5) is 28.0. The fourth-order valence-corrected chi connectivity index (χ4v) is 8.39. The fourth-order valence-electron chi connectivity index (χ4n) is 8.39. The minimum Gasteiger partial charge on any atom is -0.466 e. The summed E-state index contributed by atoms with van der Waals surface area (Å²) in [5, 5.41) is 0. The molecule has 52 heavy (non-hydrogen) atoms. The highest BCUT2D eigenvalue weighted by atomic mass is 16.5. The Balaban J connectivity index is 2.59. The third-order valence-corrected chi connectivity index (χ3v) is 12.1. The first kappa shape index (κ1) is 48.9. The van der Waals surface area contributed by atoms with Gasteiger partial charge in [0.1, 0.15) is 0 Å². The molecular weight excluding hydrogens is 643 g/mol. The Morgan fingerprint density at radius 3 is 1.12 bits per heavy atom. The summed E-state index contributed by atoms with van der Waals surface area (Å²) in [6.07, 6.45) is 40.1. The van der Waals surface area contributed by atoms with Crippen LogP contribution in [0.5, 0.6) is 0 Å². The van der Waals surface area contributed by atoms with Crippen LogP contribution in [0.15, 0.2) is 0 Å². The maximum absolute atomic E-state index is 12.7. The van der Waals surface area contributed by atoms with Crippen molar-refractivity contribution in [2.24, 2.45) is 17.8 Å². The highest BCUT2D eigenvalue weighted by molar-refractivity contribution is 5.70. The lowest BCUT2D eigenvalue weighted by molar-refractivity contribution is -0.146. The Labute approximate surface area is 325 Å². The molecule has 0 spiro atoms. The molecule has 0 radical (unpaired) electrons. The number of esters is 2. The molecule has 1 saturated heterocycles. The number of ether oxygens (including phenoxy) is 2. The van der Waals surface area contributed by atoms with Gasteiger partial charge in [0.05, 0.1) is 13.2 Å². The highest BCUT2D eigenvalue weighted by Gasteiger charge is 2.17. The Hall–Kier alpha value is -1.10. The Morgan fingerprint density at radius 1 is 0.442 bits per heavy atom. The number of cyclic esters (lactones) is 2. The van der Waals surface area contributed by atoms with Crippen LogP contribution in [0.3, 0.4) is 0 Å². The van der Waals surface area contributed by atoms with Crippen molar-refractivity contribution in [1.82, 2.24) is 4.90 Å². The molecule has 0 aromatic heterocycles. The van der Waals surface area contributed by atoms with Crippen molar-refractivity contribution in [2.45, 2.75) is 240 Å². The van der Waals surface area contributed by atoms with E-state index in [1.54, 1.807) is 0 Å². The first-order valence-corrected chi connectivity index (χ1v) is 23.6. The van der Waals surface area contributed by atoms with E-state index >= 15 is 0 Å². The number of carbonyl (C=O) groups is 2. The van der Waals surface area contributed by atoms with E-state index in [1.165, 1.54) is 180 Å². The van der Waals surface area contributed by atoms with Crippen LogP contribution in [0, 0.1) is 17.8 Å². The lowest BCUT2D eigenvalue weighted by atomic mass is 9.90. The average Bonchev–Trinajstić information content (AvgIpc) is 3.14. The van der Waals surface area contributed by atoms with Crippen molar-refractivity contribution in [2.75, 3.05) is 32.8 Å². The van der Waals surface area contributed by atoms with Gasteiger partial charge in [-0.2, -0.15) is 0 Å². The Bertz CT molecular complexity index is 727. The number of hydrogen-bond acceptors (Lipinski definition) is 5. The predicted octanol–water partition coefficient (Wildman–Crippen LogP) is 14.2. The van der Waals surface area contributed by atoms with Crippen molar-refractivity contribution in [3.05, 3.63) is 0 Å². The molecule has 0 amide bonds. The molecule has 1 aliphatic heterocycles. The second-order valence-electron chi connectivity index (χ2n) is 16.8. The van der Waals surface area contributed by atoms with Crippen LogP contribution in [0.4, 0.5) is 0 Å². The minimum absolute atomic E-state index is 0.0230. The summed E-state index contributed by atoms with van der Waals surface area (Å²) in [6.45, 7) is 13.9. The number of nitrogens with zero attached hydrogens (tertiary/aromatic N) is 1. The maximum Gasteiger partial charge on any atom is 0.306 e. The van der Waals surface area contributed by atoms with Gasteiger partial charge in [-0.15, -0.1) is 0 Å².